The van der Waals surface area contributed by atoms with E-state index in [9.17, 15) is 9.18 Å². The molecule has 4 aromatic carbocycles. The smallest absolute Gasteiger partial charge is 0.223 e. The number of hydrogen-bond acceptors (Lipinski definition) is 2. The van der Waals surface area contributed by atoms with E-state index in [1.54, 1.807) is 0 Å². The zero-order chi connectivity index (χ0) is 27.2. The minimum absolute atomic E-state index is 0.120. The summed E-state index contributed by atoms with van der Waals surface area (Å²) in [5, 5.41) is 1.10. The summed E-state index contributed by atoms with van der Waals surface area (Å²) in [6, 6.07) is 32.6. The van der Waals surface area contributed by atoms with E-state index in [0.29, 0.717) is 26.1 Å². The van der Waals surface area contributed by atoms with Crippen LogP contribution in [0.2, 0.25) is 0 Å². The molecule has 1 atom stereocenters. The van der Waals surface area contributed by atoms with Gasteiger partial charge in [0.05, 0.1) is 0 Å². The molecule has 39 heavy (non-hydrogen) atoms. The maximum Gasteiger partial charge on any atom is 0.223 e. The molecule has 0 bridgehead atoms. The molecule has 4 nitrogen and oxygen atoms in total. The van der Waals surface area contributed by atoms with E-state index in [2.05, 4.69) is 29.0 Å². The zero-order valence-corrected chi connectivity index (χ0v) is 22.4. The molecule has 0 saturated heterocycles. The first kappa shape index (κ1) is 26.2. The lowest BCUT2D eigenvalue weighted by Gasteiger charge is -2.23. The molecular formula is C34H33FN2O2. The lowest BCUT2D eigenvalue weighted by Crippen LogP contribution is -2.31. The second kappa shape index (κ2) is 12.0. The number of aromatic nitrogens is 1. The van der Waals surface area contributed by atoms with E-state index < -0.39 is 0 Å². The number of rotatable bonds is 10. The fourth-order valence-corrected chi connectivity index (χ4v) is 5.18. The predicted molar refractivity (Wildman–Crippen MR) is 155 cm³/mol. The van der Waals surface area contributed by atoms with Gasteiger partial charge in [0, 0.05) is 49.1 Å². The number of carbonyl (C=O) groups excluding carboxylic acids is 1. The molecule has 5 rings (SSSR count). The van der Waals surface area contributed by atoms with Crippen LogP contribution in [0.5, 0.6) is 11.5 Å². The van der Waals surface area contributed by atoms with Crippen molar-refractivity contribution in [3.63, 3.8) is 0 Å². The standard InChI is InChI=1S/C34H33FN2O2/c1-3-36(4-2)34(38)22-31(26-11-10-14-29(21-26)39-28-12-6-5-7-13-28)32-24-37(33-16-9-8-15-30(32)33)23-25-17-19-27(35)20-18-25/h5-21,24,31H,3-4,22-23H2,1-2H3. The van der Waals surface area contributed by atoms with Gasteiger partial charge in [-0.05, 0) is 73.0 Å². The van der Waals surface area contributed by atoms with Gasteiger partial charge < -0.3 is 14.2 Å². The van der Waals surface area contributed by atoms with Crippen LogP contribution in [0, 0.1) is 5.82 Å². The van der Waals surface area contributed by atoms with Gasteiger partial charge >= 0.3 is 0 Å². The van der Waals surface area contributed by atoms with E-state index in [1.807, 2.05) is 91.5 Å². The fraction of sp³-hybridized carbons (Fsp3) is 0.206. The van der Waals surface area contributed by atoms with E-state index in [4.69, 9.17) is 4.74 Å². The molecule has 1 amide bonds. The molecule has 0 aliphatic heterocycles. The van der Waals surface area contributed by atoms with Crippen molar-refractivity contribution in [3.05, 3.63) is 132 Å². The van der Waals surface area contributed by atoms with E-state index >= 15 is 0 Å². The maximum atomic E-state index is 13.5. The third-order valence-electron chi connectivity index (χ3n) is 7.20. The maximum absolute atomic E-state index is 13.5. The molecular weight excluding hydrogens is 487 g/mol. The molecule has 0 aliphatic carbocycles. The Morgan fingerprint density at radius 3 is 2.28 bits per heavy atom. The Balaban J connectivity index is 1.57. The van der Waals surface area contributed by atoms with Gasteiger partial charge in [-0.3, -0.25) is 4.79 Å². The summed E-state index contributed by atoms with van der Waals surface area (Å²) in [6.07, 6.45) is 2.50. The molecule has 0 spiro atoms. The number of ether oxygens (including phenoxy) is 1. The van der Waals surface area contributed by atoms with Gasteiger partial charge in [0.25, 0.3) is 0 Å². The molecule has 5 aromatic rings. The second-order valence-electron chi connectivity index (χ2n) is 9.67. The summed E-state index contributed by atoms with van der Waals surface area (Å²) in [4.78, 5) is 15.3. The minimum atomic E-state index is -0.246. The molecule has 0 saturated carbocycles. The van der Waals surface area contributed by atoms with Crippen molar-refractivity contribution < 1.29 is 13.9 Å². The van der Waals surface area contributed by atoms with E-state index in [-0.39, 0.29) is 17.6 Å². The Hall–Kier alpha value is -4.38. The van der Waals surface area contributed by atoms with Crippen LogP contribution in [0.25, 0.3) is 10.9 Å². The van der Waals surface area contributed by atoms with Crippen molar-refractivity contribution in [2.24, 2.45) is 0 Å². The number of benzene rings is 4. The summed E-state index contributed by atoms with van der Waals surface area (Å²) >= 11 is 0. The van der Waals surface area contributed by atoms with Crippen molar-refractivity contribution in [2.45, 2.75) is 32.7 Å². The van der Waals surface area contributed by atoms with Crippen molar-refractivity contribution in [1.29, 1.82) is 0 Å². The van der Waals surface area contributed by atoms with Gasteiger partial charge in [0.2, 0.25) is 5.91 Å². The van der Waals surface area contributed by atoms with Crippen LogP contribution in [0.4, 0.5) is 4.39 Å². The fourth-order valence-electron chi connectivity index (χ4n) is 5.18. The quantitative estimate of drug-likeness (QED) is 0.187. The predicted octanol–water partition coefficient (Wildman–Crippen LogP) is 8.01. The number of carbonyl (C=O) groups is 1. The Morgan fingerprint density at radius 2 is 1.54 bits per heavy atom. The second-order valence-corrected chi connectivity index (χ2v) is 9.67. The average molecular weight is 521 g/mol. The monoisotopic (exact) mass is 520 g/mol. The first-order chi connectivity index (χ1) is 19.1. The number of fused-ring (bicyclic) bond motifs is 1. The van der Waals surface area contributed by atoms with Crippen LogP contribution >= 0.6 is 0 Å². The first-order valence-corrected chi connectivity index (χ1v) is 13.5. The Bertz CT molecular complexity index is 1540. The molecule has 1 unspecified atom stereocenters. The highest BCUT2D eigenvalue weighted by Crippen LogP contribution is 2.37. The van der Waals surface area contributed by atoms with Gasteiger partial charge in [0.15, 0.2) is 0 Å². The van der Waals surface area contributed by atoms with Crippen molar-refractivity contribution in [2.75, 3.05) is 13.1 Å². The molecule has 1 aromatic heterocycles. The molecule has 5 heteroatoms. The van der Waals surface area contributed by atoms with Crippen molar-refractivity contribution >= 4 is 16.8 Å². The molecule has 0 aliphatic rings. The van der Waals surface area contributed by atoms with E-state index in [1.165, 1.54) is 12.1 Å². The van der Waals surface area contributed by atoms with Crippen molar-refractivity contribution in [1.82, 2.24) is 9.47 Å². The van der Waals surface area contributed by atoms with Gasteiger partial charge in [-0.25, -0.2) is 4.39 Å². The molecule has 1 heterocycles. The molecule has 198 valence electrons. The SMILES string of the molecule is CCN(CC)C(=O)CC(c1cccc(Oc2ccccc2)c1)c1cn(Cc2ccc(F)cc2)c2ccccc12. The molecule has 0 fully saturated rings. The highest BCUT2D eigenvalue weighted by Gasteiger charge is 2.25. The van der Waals surface area contributed by atoms with Crippen molar-refractivity contribution in [3.8, 4) is 11.5 Å². The Kier molecular flexibility index (Phi) is 8.07. The van der Waals surface area contributed by atoms with Crippen LogP contribution in [0.15, 0.2) is 109 Å². The average Bonchev–Trinajstić information content (AvgIpc) is 3.32. The van der Waals surface area contributed by atoms with Gasteiger partial charge in [-0.1, -0.05) is 60.7 Å². The number of halogens is 1. The van der Waals surface area contributed by atoms with Gasteiger partial charge in [0.1, 0.15) is 17.3 Å². The summed E-state index contributed by atoms with van der Waals surface area (Å²) in [5.41, 5.74) is 4.20. The summed E-state index contributed by atoms with van der Waals surface area (Å²) in [5.74, 6) is 1.20. The Morgan fingerprint density at radius 1 is 0.846 bits per heavy atom. The Labute approximate surface area is 229 Å². The van der Waals surface area contributed by atoms with Crippen LogP contribution in [-0.2, 0) is 11.3 Å². The van der Waals surface area contributed by atoms with Crippen LogP contribution < -0.4 is 4.74 Å². The number of hydrogen-bond donors (Lipinski definition) is 0. The highest BCUT2D eigenvalue weighted by molar-refractivity contribution is 5.87. The summed E-state index contributed by atoms with van der Waals surface area (Å²) in [6.45, 7) is 5.98. The highest BCUT2D eigenvalue weighted by atomic mass is 19.1. The summed E-state index contributed by atoms with van der Waals surface area (Å²) in [7, 11) is 0. The number of para-hydroxylation sites is 2. The molecule has 0 radical (unpaired) electrons. The lowest BCUT2D eigenvalue weighted by molar-refractivity contribution is -0.131. The van der Waals surface area contributed by atoms with E-state index in [0.717, 1.165) is 39.1 Å². The summed E-state index contributed by atoms with van der Waals surface area (Å²) < 4.78 is 21.9. The first-order valence-electron chi connectivity index (χ1n) is 13.5. The largest absolute Gasteiger partial charge is 0.457 e. The topological polar surface area (TPSA) is 34.5 Å². The minimum Gasteiger partial charge on any atom is -0.457 e. The van der Waals surface area contributed by atoms with Gasteiger partial charge in [-0.15, -0.1) is 0 Å². The molecule has 0 N–H and O–H groups in total. The third kappa shape index (κ3) is 6.04. The van der Waals surface area contributed by atoms with Crippen LogP contribution in [-0.4, -0.2) is 28.5 Å². The van der Waals surface area contributed by atoms with Crippen LogP contribution in [0.1, 0.15) is 42.9 Å². The van der Waals surface area contributed by atoms with Gasteiger partial charge in [-0.2, -0.15) is 0 Å². The normalized spacial score (nSPS) is 11.9. The van der Waals surface area contributed by atoms with Crippen LogP contribution in [0.3, 0.4) is 0 Å². The lowest BCUT2D eigenvalue weighted by atomic mass is 9.87. The zero-order valence-electron chi connectivity index (χ0n) is 22.4. The third-order valence-corrected chi connectivity index (χ3v) is 7.20. The number of nitrogens with zero attached hydrogens (tertiary/aromatic N) is 2. The number of amides is 1.